The van der Waals surface area contributed by atoms with Crippen LogP contribution in [0.15, 0.2) is 30.3 Å². The maximum absolute atomic E-state index is 12.0. The van der Waals surface area contributed by atoms with Crippen molar-refractivity contribution < 1.29 is 8.42 Å². The standard InChI is InChI=1S/C13H22N2O2S/c1-13(2,3)12(9-14)15-18(16,17)10-11-7-5-4-6-8-11/h4-8,12,15H,9-10,14H2,1-3H3. The van der Waals surface area contributed by atoms with Gasteiger partial charge in [0.2, 0.25) is 10.0 Å². The van der Waals surface area contributed by atoms with Gasteiger partial charge in [-0.15, -0.1) is 0 Å². The van der Waals surface area contributed by atoms with Crippen LogP contribution in [0.2, 0.25) is 0 Å². The highest BCUT2D eigenvalue weighted by molar-refractivity contribution is 7.88. The molecule has 1 unspecified atom stereocenters. The molecular weight excluding hydrogens is 248 g/mol. The van der Waals surface area contributed by atoms with Crippen molar-refractivity contribution in [2.45, 2.75) is 32.6 Å². The molecule has 0 aliphatic rings. The van der Waals surface area contributed by atoms with E-state index in [2.05, 4.69) is 4.72 Å². The van der Waals surface area contributed by atoms with Gasteiger partial charge in [-0.2, -0.15) is 0 Å². The molecule has 0 saturated heterocycles. The van der Waals surface area contributed by atoms with Gasteiger partial charge in [0, 0.05) is 12.6 Å². The van der Waals surface area contributed by atoms with E-state index in [4.69, 9.17) is 5.73 Å². The van der Waals surface area contributed by atoms with Crippen molar-refractivity contribution in [2.75, 3.05) is 6.54 Å². The van der Waals surface area contributed by atoms with E-state index in [1.54, 1.807) is 12.1 Å². The van der Waals surface area contributed by atoms with Crippen molar-refractivity contribution in [3.05, 3.63) is 35.9 Å². The summed E-state index contributed by atoms with van der Waals surface area (Å²) in [7, 11) is -3.36. The summed E-state index contributed by atoms with van der Waals surface area (Å²) in [5.74, 6) is -0.0135. The second-order valence-electron chi connectivity index (χ2n) is 5.52. The predicted molar refractivity (Wildman–Crippen MR) is 74.5 cm³/mol. The SMILES string of the molecule is CC(C)(C)C(CN)NS(=O)(=O)Cc1ccccc1. The van der Waals surface area contributed by atoms with Crippen LogP contribution in [0, 0.1) is 5.41 Å². The Labute approximate surface area is 110 Å². The van der Waals surface area contributed by atoms with E-state index in [0.717, 1.165) is 5.56 Å². The molecule has 1 atom stereocenters. The normalized spacial score (nSPS) is 14.4. The first kappa shape index (κ1) is 15.1. The quantitative estimate of drug-likeness (QED) is 0.851. The van der Waals surface area contributed by atoms with Crippen LogP contribution in [0.1, 0.15) is 26.3 Å². The Hall–Kier alpha value is -0.910. The summed E-state index contributed by atoms with van der Waals surface area (Å²) in [6.45, 7) is 6.19. The summed E-state index contributed by atoms with van der Waals surface area (Å²) in [6, 6.07) is 8.86. The Morgan fingerprint density at radius 3 is 2.22 bits per heavy atom. The van der Waals surface area contributed by atoms with Crippen LogP contribution < -0.4 is 10.5 Å². The van der Waals surface area contributed by atoms with E-state index in [1.807, 2.05) is 39.0 Å². The van der Waals surface area contributed by atoms with Crippen LogP contribution in [-0.4, -0.2) is 21.0 Å². The molecule has 0 radical (unpaired) electrons. The van der Waals surface area contributed by atoms with E-state index in [0.29, 0.717) is 0 Å². The number of nitrogens with one attached hydrogen (secondary N) is 1. The molecule has 1 rings (SSSR count). The van der Waals surface area contributed by atoms with Crippen molar-refractivity contribution in [3.8, 4) is 0 Å². The molecule has 1 aromatic rings. The minimum atomic E-state index is -3.36. The fourth-order valence-electron chi connectivity index (χ4n) is 1.63. The second-order valence-corrected chi connectivity index (χ2v) is 7.27. The molecule has 0 aliphatic heterocycles. The topological polar surface area (TPSA) is 72.2 Å². The lowest BCUT2D eigenvalue weighted by molar-refractivity contribution is 0.304. The highest BCUT2D eigenvalue weighted by Crippen LogP contribution is 2.19. The van der Waals surface area contributed by atoms with Gasteiger partial charge in [-0.25, -0.2) is 13.1 Å². The molecule has 0 aliphatic carbocycles. The molecule has 5 heteroatoms. The van der Waals surface area contributed by atoms with Crippen LogP contribution in [0.3, 0.4) is 0 Å². The zero-order valence-corrected chi connectivity index (χ0v) is 12.0. The molecule has 4 nitrogen and oxygen atoms in total. The lowest BCUT2D eigenvalue weighted by Gasteiger charge is -2.30. The van der Waals surface area contributed by atoms with Gasteiger partial charge in [0.1, 0.15) is 0 Å². The van der Waals surface area contributed by atoms with E-state index >= 15 is 0 Å². The van der Waals surface area contributed by atoms with Crippen molar-refractivity contribution in [2.24, 2.45) is 11.1 Å². The third kappa shape index (κ3) is 4.76. The first-order valence-electron chi connectivity index (χ1n) is 5.98. The van der Waals surface area contributed by atoms with E-state index in [-0.39, 0.29) is 23.8 Å². The van der Waals surface area contributed by atoms with Crippen LogP contribution in [0.4, 0.5) is 0 Å². The molecule has 0 amide bonds. The van der Waals surface area contributed by atoms with Gasteiger partial charge in [-0.3, -0.25) is 0 Å². The highest BCUT2D eigenvalue weighted by atomic mass is 32.2. The van der Waals surface area contributed by atoms with Crippen molar-refractivity contribution in [1.29, 1.82) is 0 Å². The van der Waals surface area contributed by atoms with Crippen LogP contribution in [-0.2, 0) is 15.8 Å². The number of hydrogen-bond donors (Lipinski definition) is 2. The molecule has 0 saturated carbocycles. The van der Waals surface area contributed by atoms with Crippen molar-refractivity contribution in [1.82, 2.24) is 4.72 Å². The summed E-state index contributed by atoms with van der Waals surface area (Å²) in [5.41, 5.74) is 6.21. The highest BCUT2D eigenvalue weighted by Gasteiger charge is 2.27. The van der Waals surface area contributed by atoms with Gasteiger partial charge in [-0.1, -0.05) is 51.1 Å². The van der Waals surface area contributed by atoms with E-state index in [1.165, 1.54) is 0 Å². The number of sulfonamides is 1. The Morgan fingerprint density at radius 1 is 1.22 bits per heavy atom. The molecule has 3 N–H and O–H groups in total. The predicted octanol–water partition coefficient (Wildman–Crippen LogP) is 1.48. The lowest BCUT2D eigenvalue weighted by Crippen LogP contribution is -2.48. The molecular formula is C13H22N2O2S. The second kappa shape index (κ2) is 5.82. The first-order valence-corrected chi connectivity index (χ1v) is 7.64. The summed E-state index contributed by atoms with van der Waals surface area (Å²) in [4.78, 5) is 0. The summed E-state index contributed by atoms with van der Waals surface area (Å²) >= 11 is 0. The minimum Gasteiger partial charge on any atom is -0.329 e. The Morgan fingerprint density at radius 2 is 1.78 bits per heavy atom. The smallest absolute Gasteiger partial charge is 0.216 e. The number of rotatable bonds is 5. The first-order chi connectivity index (χ1) is 8.24. The monoisotopic (exact) mass is 270 g/mol. The molecule has 102 valence electrons. The minimum absolute atomic E-state index is 0.0135. The third-order valence-electron chi connectivity index (χ3n) is 2.80. The number of nitrogens with two attached hydrogens (primary N) is 1. The zero-order valence-electron chi connectivity index (χ0n) is 11.2. The van der Waals surface area contributed by atoms with Crippen molar-refractivity contribution in [3.63, 3.8) is 0 Å². The fourth-order valence-corrected chi connectivity index (χ4v) is 3.23. The van der Waals surface area contributed by atoms with Gasteiger partial charge in [0.05, 0.1) is 5.75 Å². The molecule has 0 bridgehead atoms. The number of hydrogen-bond acceptors (Lipinski definition) is 3. The maximum atomic E-state index is 12.0. The largest absolute Gasteiger partial charge is 0.329 e. The molecule has 0 fully saturated rings. The Bertz CT molecular complexity index is 464. The summed E-state index contributed by atoms with van der Waals surface area (Å²) in [5, 5.41) is 0. The molecule has 18 heavy (non-hydrogen) atoms. The van der Waals surface area contributed by atoms with Crippen LogP contribution in [0.25, 0.3) is 0 Å². The third-order valence-corrected chi connectivity index (χ3v) is 4.16. The fraction of sp³-hybridized carbons (Fsp3) is 0.538. The van der Waals surface area contributed by atoms with Gasteiger partial charge in [0.15, 0.2) is 0 Å². The summed E-state index contributed by atoms with van der Waals surface area (Å²) < 4.78 is 26.8. The average Bonchev–Trinajstić information content (AvgIpc) is 2.25. The molecule has 0 spiro atoms. The Balaban J connectivity index is 2.76. The van der Waals surface area contributed by atoms with Gasteiger partial charge < -0.3 is 5.73 Å². The average molecular weight is 270 g/mol. The number of benzene rings is 1. The molecule has 0 heterocycles. The zero-order chi connectivity index (χ0) is 13.8. The molecule has 0 aromatic heterocycles. The molecule has 1 aromatic carbocycles. The van der Waals surface area contributed by atoms with Crippen molar-refractivity contribution >= 4 is 10.0 Å². The lowest BCUT2D eigenvalue weighted by atomic mass is 9.88. The van der Waals surface area contributed by atoms with E-state index in [9.17, 15) is 8.42 Å². The van der Waals surface area contributed by atoms with E-state index < -0.39 is 10.0 Å². The van der Waals surface area contributed by atoms with Crippen LogP contribution >= 0.6 is 0 Å². The Kier molecular flexibility index (Phi) is 4.90. The van der Waals surface area contributed by atoms with Gasteiger partial charge in [-0.05, 0) is 11.0 Å². The van der Waals surface area contributed by atoms with Gasteiger partial charge >= 0.3 is 0 Å². The van der Waals surface area contributed by atoms with Gasteiger partial charge in [0.25, 0.3) is 0 Å². The maximum Gasteiger partial charge on any atom is 0.216 e. The summed E-state index contributed by atoms with van der Waals surface area (Å²) in [6.07, 6.45) is 0. The van der Waals surface area contributed by atoms with Crippen LogP contribution in [0.5, 0.6) is 0 Å².